The van der Waals surface area contributed by atoms with E-state index >= 15 is 0 Å². The normalized spacial score (nSPS) is 9.74. The SMILES string of the molecule is Oc1ccccc1NNC(=S)Nc1ccc(Br)cc1. The number of rotatable bonds is 3. The number of hydrogen-bond acceptors (Lipinski definition) is 3. The zero-order chi connectivity index (χ0) is 13.7. The van der Waals surface area contributed by atoms with Crippen molar-refractivity contribution in [1.29, 1.82) is 0 Å². The maximum atomic E-state index is 9.57. The monoisotopic (exact) mass is 337 g/mol. The average molecular weight is 338 g/mol. The molecule has 0 spiro atoms. The first-order chi connectivity index (χ1) is 9.15. The Morgan fingerprint density at radius 2 is 1.74 bits per heavy atom. The number of aromatic hydroxyl groups is 1. The molecular formula is C13H12BrN3OS. The van der Waals surface area contributed by atoms with Crippen molar-refractivity contribution in [1.82, 2.24) is 5.43 Å². The molecule has 0 atom stereocenters. The minimum Gasteiger partial charge on any atom is -0.506 e. The van der Waals surface area contributed by atoms with Crippen LogP contribution in [0.5, 0.6) is 5.75 Å². The first-order valence-electron chi connectivity index (χ1n) is 5.52. The van der Waals surface area contributed by atoms with E-state index in [1.807, 2.05) is 30.3 Å². The van der Waals surface area contributed by atoms with Crippen LogP contribution >= 0.6 is 28.1 Å². The van der Waals surface area contributed by atoms with Gasteiger partial charge in [-0.05, 0) is 48.6 Å². The summed E-state index contributed by atoms with van der Waals surface area (Å²) in [6, 6.07) is 14.5. The number of thiocarbonyl (C=S) groups is 1. The second-order valence-electron chi connectivity index (χ2n) is 3.73. The summed E-state index contributed by atoms with van der Waals surface area (Å²) in [6.45, 7) is 0. The fourth-order valence-corrected chi connectivity index (χ4v) is 1.83. The zero-order valence-corrected chi connectivity index (χ0v) is 12.3. The van der Waals surface area contributed by atoms with E-state index in [2.05, 4.69) is 32.1 Å². The predicted molar refractivity (Wildman–Crippen MR) is 85.2 cm³/mol. The van der Waals surface area contributed by atoms with Crippen molar-refractivity contribution < 1.29 is 5.11 Å². The van der Waals surface area contributed by atoms with Crippen LogP contribution < -0.4 is 16.2 Å². The van der Waals surface area contributed by atoms with Gasteiger partial charge < -0.3 is 10.4 Å². The molecule has 2 aromatic carbocycles. The van der Waals surface area contributed by atoms with Crippen molar-refractivity contribution in [2.45, 2.75) is 0 Å². The second-order valence-corrected chi connectivity index (χ2v) is 5.05. The molecule has 98 valence electrons. The Hall–Kier alpha value is -1.79. The number of para-hydroxylation sites is 2. The minimum absolute atomic E-state index is 0.154. The molecule has 0 saturated heterocycles. The maximum Gasteiger partial charge on any atom is 0.189 e. The number of phenolic OH excluding ortho intramolecular Hbond substituents is 1. The fraction of sp³-hybridized carbons (Fsp3) is 0. The lowest BCUT2D eigenvalue weighted by Crippen LogP contribution is -2.33. The van der Waals surface area contributed by atoms with Crippen LogP contribution in [0.1, 0.15) is 0 Å². The minimum atomic E-state index is 0.154. The topological polar surface area (TPSA) is 56.3 Å². The van der Waals surface area contributed by atoms with E-state index in [0.29, 0.717) is 10.8 Å². The standard InChI is InChI=1S/C13H12BrN3OS/c14-9-5-7-10(8-6-9)15-13(19)17-16-11-3-1-2-4-12(11)18/h1-8,16,18H,(H2,15,17,19). The first kappa shape index (κ1) is 13.6. The Morgan fingerprint density at radius 3 is 2.42 bits per heavy atom. The van der Waals surface area contributed by atoms with Crippen LogP contribution in [-0.2, 0) is 0 Å². The highest BCUT2D eigenvalue weighted by atomic mass is 79.9. The van der Waals surface area contributed by atoms with Crippen LogP contribution in [0.15, 0.2) is 53.0 Å². The zero-order valence-electron chi connectivity index (χ0n) is 9.85. The van der Waals surface area contributed by atoms with Crippen LogP contribution in [0.3, 0.4) is 0 Å². The van der Waals surface area contributed by atoms with E-state index in [-0.39, 0.29) is 5.75 Å². The van der Waals surface area contributed by atoms with Crippen molar-refractivity contribution >= 4 is 44.6 Å². The molecule has 0 unspecified atom stereocenters. The summed E-state index contributed by atoms with van der Waals surface area (Å²) in [5, 5.41) is 13.0. The quantitative estimate of drug-likeness (QED) is 0.392. The lowest BCUT2D eigenvalue weighted by molar-refractivity contribution is 0.477. The van der Waals surface area contributed by atoms with Gasteiger partial charge >= 0.3 is 0 Å². The lowest BCUT2D eigenvalue weighted by atomic mass is 10.3. The first-order valence-corrected chi connectivity index (χ1v) is 6.72. The van der Waals surface area contributed by atoms with Gasteiger partial charge in [-0.15, -0.1) is 0 Å². The van der Waals surface area contributed by atoms with Crippen LogP contribution in [0, 0.1) is 0 Å². The van der Waals surface area contributed by atoms with Gasteiger partial charge in [0.1, 0.15) is 5.75 Å². The Bertz CT molecular complexity index is 574. The molecule has 0 radical (unpaired) electrons. The average Bonchev–Trinajstić information content (AvgIpc) is 2.40. The van der Waals surface area contributed by atoms with Crippen molar-refractivity contribution in [2.24, 2.45) is 0 Å². The molecule has 0 saturated carbocycles. The van der Waals surface area contributed by atoms with E-state index in [4.69, 9.17) is 12.2 Å². The van der Waals surface area contributed by atoms with Gasteiger partial charge in [0.15, 0.2) is 5.11 Å². The van der Waals surface area contributed by atoms with Crippen LogP contribution in [0.4, 0.5) is 11.4 Å². The molecule has 4 N–H and O–H groups in total. The van der Waals surface area contributed by atoms with Gasteiger partial charge in [-0.25, -0.2) is 0 Å². The number of anilines is 2. The van der Waals surface area contributed by atoms with Gasteiger partial charge in [-0.2, -0.15) is 0 Å². The summed E-state index contributed by atoms with van der Waals surface area (Å²) in [5.41, 5.74) is 7.07. The molecule has 6 heteroatoms. The van der Waals surface area contributed by atoms with Gasteiger partial charge in [0.25, 0.3) is 0 Å². The Labute approximate surface area is 124 Å². The van der Waals surface area contributed by atoms with Gasteiger partial charge in [0.05, 0.1) is 5.69 Å². The van der Waals surface area contributed by atoms with Crippen molar-refractivity contribution in [3.05, 3.63) is 53.0 Å². The van der Waals surface area contributed by atoms with Gasteiger partial charge in [0.2, 0.25) is 0 Å². The molecule has 0 aromatic heterocycles. The molecule has 0 heterocycles. The lowest BCUT2D eigenvalue weighted by Gasteiger charge is -2.13. The molecule has 0 aliphatic rings. The third kappa shape index (κ3) is 4.11. The van der Waals surface area contributed by atoms with E-state index in [1.54, 1.807) is 18.2 Å². The smallest absolute Gasteiger partial charge is 0.189 e. The Kier molecular flexibility index (Phi) is 4.59. The summed E-state index contributed by atoms with van der Waals surface area (Å²) in [6.07, 6.45) is 0. The second kappa shape index (κ2) is 6.40. The molecule has 2 rings (SSSR count). The van der Waals surface area contributed by atoms with Crippen LogP contribution in [-0.4, -0.2) is 10.2 Å². The fourth-order valence-electron chi connectivity index (χ4n) is 1.40. The molecule has 2 aromatic rings. The predicted octanol–water partition coefficient (Wildman–Crippen LogP) is 3.47. The highest BCUT2D eigenvalue weighted by molar-refractivity contribution is 9.10. The number of hydrazine groups is 1. The molecule has 0 aliphatic heterocycles. The van der Waals surface area contributed by atoms with Crippen molar-refractivity contribution in [3.63, 3.8) is 0 Å². The Balaban J connectivity index is 1.88. The van der Waals surface area contributed by atoms with Gasteiger partial charge in [0, 0.05) is 10.2 Å². The van der Waals surface area contributed by atoms with E-state index in [1.165, 1.54) is 0 Å². The molecule has 19 heavy (non-hydrogen) atoms. The third-order valence-corrected chi connectivity index (χ3v) is 3.05. The molecule has 0 fully saturated rings. The number of hydrogen-bond donors (Lipinski definition) is 4. The number of halogens is 1. The van der Waals surface area contributed by atoms with E-state index in [9.17, 15) is 5.11 Å². The molecule has 0 aliphatic carbocycles. The van der Waals surface area contributed by atoms with Crippen LogP contribution in [0.25, 0.3) is 0 Å². The largest absolute Gasteiger partial charge is 0.506 e. The highest BCUT2D eigenvalue weighted by Gasteiger charge is 2.00. The summed E-state index contributed by atoms with van der Waals surface area (Å²) >= 11 is 8.50. The van der Waals surface area contributed by atoms with Crippen molar-refractivity contribution in [3.8, 4) is 5.75 Å². The van der Waals surface area contributed by atoms with E-state index in [0.717, 1.165) is 10.2 Å². The summed E-state index contributed by atoms with van der Waals surface area (Å²) in [4.78, 5) is 0. The van der Waals surface area contributed by atoms with Crippen molar-refractivity contribution in [2.75, 3.05) is 10.7 Å². The Morgan fingerprint density at radius 1 is 1.05 bits per heavy atom. The molecular weight excluding hydrogens is 326 g/mol. The van der Waals surface area contributed by atoms with Gasteiger partial charge in [-0.1, -0.05) is 28.1 Å². The number of benzene rings is 2. The summed E-state index contributed by atoms with van der Waals surface area (Å²) < 4.78 is 1.00. The maximum absolute atomic E-state index is 9.57. The molecule has 0 bridgehead atoms. The number of phenols is 1. The highest BCUT2D eigenvalue weighted by Crippen LogP contribution is 2.20. The van der Waals surface area contributed by atoms with Gasteiger partial charge in [-0.3, -0.25) is 10.9 Å². The van der Waals surface area contributed by atoms with Crippen LogP contribution in [0.2, 0.25) is 0 Å². The van der Waals surface area contributed by atoms with E-state index < -0.39 is 0 Å². The molecule has 0 amide bonds. The summed E-state index contributed by atoms with van der Waals surface area (Å²) in [7, 11) is 0. The molecule has 4 nitrogen and oxygen atoms in total. The third-order valence-electron chi connectivity index (χ3n) is 2.32. The summed E-state index contributed by atoms with van der Waals surface area (Å²) in [5.74, 6) is 0.154. The number of nitrogens with one attached hydrogen (secondary N) is 3.